The van der Waals surface area contributed by atoms with E-state index < -0.39 is 11.7 Å². The van der Waals surface area contributed by atoms with Gasteiger partial charge in [0.1, 0.15) is 5.76 Å². The minimum absolute atomic E-state index is 0.192. The maximum Gasteiger partial charge on any atom is 0.416 e. The van der Waals surface area contributed by atoms with E-state index in [1.54, 1.807) is 31.5 Å². The van der Waals surface area contributed by atoms with Gasteiger partial charge in [0.15, 0.2) is 0 Å². The van der Waals surface area contributed by atoms with Crippen LogP contribution in [0, 0.1) is 0 Å². The molecular weight excluding hydrogens is 287 g/mol. The minimum atomic E-state index is -4.34. The maximum absolute atomic E-state index is 13.0. The smallest absolute Gasteiger partial charge is 0.416 e. The zero-order chi connectivity index (χ0) is 14.6. The van der Waals surface area contributed by atoms with Gasteiger partial charge < -0.3 is 9.73 Å². The fourth-order valence-electron chi connectivity index (χ4n) is 1.80. The van der Waals surface area contributed by atoms with Gasteiger partial charge in [0.05, 0.1) is 17.6 Å². The first kappa shape index (κ1) is 15.0. The summed E-state index contributed by atoms with van der Waals surface area (Å²) in [5, 5.41) is 2.75. The van der Waals surface area contributed by atoms with E-state index in [9.17, 15) is 13.2 Å². The van der Waals surface area contributed by atoms with E-state index in [-0.39, 0.29) is 12.1 Å². The molecule has 0 aliphatic heterocycles. The lowest BCUT2D eigenvalue weighted by molar-refractivity contribution is -0.138. The van der Waals surface area contributed by atoms with E-state index in [0.29, 0.717) is 10.6 Å². The molecule has 2 rings (SSSR count). The second-order valence-corrected chi connectivity index (χ2v) is 5.26. The van der Waals surface area contributed by atoms with Crippen LogP contribution in [0.2, 0.25) is 0 Å². The van der Waals surface area contributed by atoms with Gasteiger partial charge in [0.25, 0.3) is 0 Å². The van der Waals surface area contributed by atoms with Crippen molar-refractivity contribution in [2.24, 2.45) is 0 Å². The third-order valence-electron chi connectivity index (χ3n) is 2.72. The van der Waals surface area contributed by atoms with Crippen LogP contribution in [-0.4, -0.2) is 7.05 Å². The molecular formula is C14H14F3NOS. The summed E-state index contributed by atoms with van der Waals surface area (Å²) in [4.78, 5) is 0.577. The van der Waals surface area contributed by atoms with Crippen molar-refractivity contribution in [1.82, 2.24) is 5.32 Å². The van der Waals surface area contributed by atoms with Crippen molar-refractivity contribution in [3.63, 3.8) is 0 Å². The molecule has 1 heterocycles. The van der Waals surface area contributed by atoms with E-state index >= 15 is 0 Å². The van der Waals surface area contributed by atoms with E-state index in [4.69, 9.17) is 4.42 Å². The molecule has 0 bridgehead atoms. The Morgan fingerprint density at radius 1 is 1.25 bits per heavy atom. The Hall–Kier alpha value is -1.40. The van der Waals surface area contributed by atoms with Crippen LogP contribution in [0.5, 0.6) is 0 Å². The summed E-state index contributed by atoms with van der Waals surface area (Å²) in [6, 6.07) is 7.97. The summed E-state index contributed by atoms with van der Waals surface area (Å²) in [6.07, 6.45) is -2.79. The summed E-state index contributed by atoms with van der Waals surface area (Å²) in [5.74, 6) is 1.25. The lowest BCUT2D eigenvalue weighted by Crippen LogP contribution is -2.14. The first-order valence-corrected chi connectivity index (χ1v) is 6.99. The van der Waals surface area contributed by atoms with Crippen molar-refractivity contribution in [3.8, 4) is 0 Å². The highest BCUT2D eigenvalue weighted by Crippen LogP contribution is 2.35. The molecule has 108 valence electrons. The van der Waals surface area contributed by atoms with Crippen LogP contribution in [0.1, 0.15) is 16.9 Å². The van der Waals surface area contributed by atoms with Crippen molar-refractivity contribution < 1.29 is 17.6 Å². The van der Waals surface area contributed by atoms with Crippen LogP contribution in [0.25, 0.3) is 0 Å². The molecule has 0 radical (unpaired) electrons. The summed E-state index contributed by atoms with van der Waals surface area (Å²) in [5.41, 5.74) is -0.335. The average Bonchev–Trinajstić information content (AvgIpc) is 2.90. The van der Waals surface area contributed by atoms with Gasteiger partial charge in [-0.15, -0.1) is 11.8 Å². The van der Waals surface area contributed by atoms with Crippen LogP contribution in [0.3, 0.4) is 0 Å². The molecule has 0 unspecified atom stereocenters. The zero-order valence-corrected chi connectivity index (χ0v) is 11.6. The normalized spacial score (nSPS) is 11.8. The summed E-state index contributed by atoms with van der Waals surface area (Å²) in [6.45, 7) is 0.192. The maximum atomic E-state index is 13.0. The lowest BCUT2D eigenvalue weighted by atomic mass is 10.1. The molecule has 6 heteroatoms. The molecule has 0 saturated carbocycles. The molecule has 0 aliphatic carbocycles. The number of nitrogens with one attached hydrogen (secondary N) is 1. The van der Waals surface area contributed by atoms with Gasteiger partial charge in [-0.3, -0.25) is 0 Å². The highest BCUT2D eigenvalue weighted by molar-refractivity contribution is 7.98. The predicted molar refractivity (Wildman–Crippen MR) is 72.5 cm³/mol. The largest absolute Gasteiger partial charge is 0.468 e. The molecule has 0 atom stereocenters. The first-order valence-electron chi connectivity index (χ1n) is 6.00. The van der Waals surface area contributed by atoms with Crippen molar-refractivity contribution in [2.45, 2.75) is 23.4 Å². The topological polar surface area (TPSA) is 25.2 Å². The molecule has 1 aromatic carbocycles. The summed E-state index contributed by atoms with van der Waals surface area (Å²) >= 11 is 1.32. The first-order chi connectivity index (χ1) is 9.50. The number of rotatable bonds is 5. The number of hydrogen-bond acceptors (Lipinski definition) is 3. The fraction of sp³-hybridized carbons (Fsp3) is 0.286. The average molecular weight is 301 g/mol. The number of thioether (sulfide) groups is 1. The molecule has 1 N–H and O–H groups in total. The Bertz CT molecular complexity index is 552. The highest BCUT2D eigenvalue weighted by Gasteiger charge is 2.33. The Labute approximate surface area is 119 Å². The SMILES string of the molecule is CNCc1ccc(SCc2ccco2)cc1C(F)(F)F. The minimum Gasteiger partial charge on any atom is -0.468 e. The number of benzene rings is 1. The van der Waals surface area contributed by atoms with Crippen LogP contribution < -0.4 is 5.32 Å². The molecule has 0 amide bonds. The van der Waals surface area contributed by atoms with Crippen molar-refractivity contribution in [1.29, 1.82) is 0 Å². The summed E-state index contributed by atoms with van der Waals surface area (Å²) in [7, 11) is 1.62. The molecule has 2 aromatic rings. The molecule has 0 saturated heterocycles. The molecule has 20 heavy (non-hydrogen) atoms. The van der Waals surface area contributed by atoms with Crippen LogP contribution in [0.4, 0.5) is 13.2 Å². The quantitative estimate of drug-likeness (QED) is 0.833. The molecule has 2 nitrogen and oxygen atoms in total. The van der Waals surface area contributed by atoms with Gasteiger partial charge in [-0.05, 0) is 36.9 Å². The Kier molecular flexibility index (Phi) is 4.77. The number of alkyl halides is 3. The molecule has 0 fully saturated rings. The summed E-state index contributed by atoms with van der Waals surface area (Å²) < 4.78 is 44.2. The number of halogens is 3. The second-order valence-electron chi connectivity index (χ2n) is 4.22. The standard InChI is InChI=1S/C14H14F3NOS/c1-18-8-10-4-5-12(7-13(10)14(15,16)17)20-9-11-3-2-6-19-11/h2-7,18H,8-9H2,1H3. The Balaban J connectivity index is 2.18. The number of furan rings is 1. The van der Waals surface area contributed by atoms with Gasteiger partial charge >= 0.3 is 6.18 Å². The predicted octanol–water partition coefficient (Wildman–Crippen LogP) is 4.31. The van der Waals surface area contributed by atoms with E-state index in [1.165, 1.54) is 23.9 Å². The van der Waals surface area contributed by atoms with E-state index in [0.717, 1.165) is 5.76 Å². The Morgan fingerprint density at radius 2 is 2.05 bits per heavy atom. The Morgan fingerprint density at radius 3 is 2.65 bits per heavy atom. The van der Waals surface area contributed by atoms with E-state index in [1.807, 2.05) is 0 Å². The second kappa shape index (κ2) is 6.37. The van der Waals surface area contributed by atoms with Gasteiger partial charge in [-0.1, -0.05) is 6.07 Å². The monoisotopic (exact) mass is 301 g/mol. The van der Waals surface area contributed by atoms with Crippen LogP contribution >= 0.6 is 11.8 Å². The third kappa shape index (κ3) is 3.80. The zero-order valence-electron chi connectivity index (χ0n) is 10.8. The van der Waals surface area contributed by atoms with Gasteiger partial charge in [-0.25, -0.2) is 0 Å². The van der Waals surface area contributed by atoms with Gasteiger partial charge in [-0.2, -0.15) is 13.2 Å². The molecule has 0 spiro atoms. The van der Waals surface area contributed by atoms with Gasteiger partial charge in [0, 0.05) is 11.4 Å². The molecule has 0 aliphatic rings. The van der Waals surface area contributed by atoms with Crippen molar-refractivity contribution in [3.05, 3.63) is 53.5 Å². The number of hydrogen-bond donors (Lipinski definition) is 1. The van der Waals surface area contributed by atoms with Crippen molar-refractivity contribution in [2.75, 3.05) is 7.05 Å². The fourth-order valence-corrected chi connectivity index (χ4v) is 2.64. The van der Waals surface area contributed by atoms with Crippen LogP contribution in [-0.2, 0) is 18.5 Å². The third-order valence-corrected chi connectivity index (χ3v) is 3.73. The van der Waals surface area contributed by atoms with Gasteiger partial charge in [0.2, 0.25) is 0 Å². The van der Waals surface area contributed by atoms with Crippen molar-refractivity contribution >= 4 is 11.8 Å². The van der Waals surface area contributed by atoms with Crippen LogP contribution in [0.15, 0.2) is 45.9 Å². The lowest BCUT2D eigenvalue weighted by Gasteiger charge is -2.14. The molecule has 1 aromatic heterocycles. The highest BCUT2D eigenvalue weighted by atomic mass is 32.2. The van der Waals surface area contributed by atoms with E-state index in [2.05, 4.69) is 5.32 Å².